The molecule has 0 N–H and O–H groups in total. The SMILES string of the molecule is CCN(CCOC)c1cc(-n2c(C(F)F)nc3ccccc32)nc(C)n1. The highest BCUT2D eigenvalue weighted by molar-refractivity contribution is 5.78. The molecule has 0 spiro atoms. The molecule has 0 unspecified atom stereocenters. The lowest BCUT2D eigenvalue weighted by atomic mass is 10.3. The molecule has 0 saturated heterocycles. The summed E-state index contributed by atoms with van der Waals surface area (Å²) in [6.45, 7) is 5.66. The van der Waals surface area contributed by atoms with Gasteiger partial charge in [-0.1, -0.05) is 12.1 Å². The quantitative estimate of drug-likeness (QED) is 0.644. The Balaban J connectivity index is 2.15. The zero-order valence-electron chi connectivity index (χ0n) is 15.0. The molecule has 0 saturated carbocycles. The van der Waals surface area contributed by atoms with Gasteiger partial charge in [0.05, 0.1) is 17.6 Å². The molecule has 2 heterocycles. The predicted octanol–water partition coefficient (Wildman–Crippen LogP) is 3.53. The number of para-hydroxylation sites is 2. The monoisotopic (exact) mass is 361 g/mol. The van der Waals surface area contributed by atoms with Gasteiger partial charge < -0.3 is 9.64 Å². The van der Waals surface area contributed by atoms with E-state index in [9.17, 15) is 8.78 Å². The van der Waals surface area contributed by atoms with Crippen LogP contribution in [0.3, 0.4) is 0 Å². The van der Waals surface area contributed by atoms with Crippen LogP contribution in [-0.2, 0) is 4.74 Å². The fourth-order valence-corrected chi connectivity index (χ4v) is 2.88. The van der Waals surface area contributed by atoms with Crippen molar-refractivity contribution in [3.8, 4) is 5.82 Å². The number of alkyl halides is 2. The Morgan fingerprint density at radius 2 is 1.96 bits per heavy atom. The van der Waals surface area contributed by atoms with Crippen LogP contribution in [0.15, 0.2) is 30.3 Å². The molecular weight excluding hydrogens is 340 g/mol. The molecule has 1 aromatic carbocycles. The first-order valence-electron chi connectivity index (χ1n) is 8.40. The lowest BCUT2D eigenvalue weighted by Gasteiger charge is -2.22. The van der Waals surface area contributed by atoms with Crippen LogP contribution in [0.25, 0.3) is 16.9 Å². The van der Waals surface area contributed by atoms with E-state index in [1.165, 1.54) is 4.57 Å². The van der Waals surface area contributed by atoms with Crippen molar-refractivity contribution in [2.75, 3.05) is 31.7 Å². The Kier molecular flexibility index (Phi) is 5.41. The van der Waals surface area contributed by atoms with Crippen LogP contribution in [-0.4, -0.2) is 46.3 Å². The number of imidazole rings is 1. The fourth-order valence-electron chi connectivity index (χ4n) is 2.88. The number of nitrogens with zero attached hydrogens (tertiary/aromatic N) is 5. The van der Waals surface area contributed by atoms with E-state index in [0.29, 0.717) is 48.2 Å². The first-order chi connectivity index (χ1) is 12.5. The van der Waals surface area contributed by atoms with Gasteiger partial charge in [0.15, 0.2) is 5.82 Å². The van der Waals surface area contributed by atoms with Crippen LogP contribution in [0.4, 0.5) is 14.6 Å². The molecular formula is C18H21F2N5O. The number of hydrogen-bond donors (Lipinski definition) is 0. The number of rotatable bonds is 7. The number of methoxy groups -OCH3 is 1. The van der Waals surface area contributed by atoms with Gasteiger partial charge in [0.25, 0.3) is 6.43 Å². The number of anilines is 1. The second-order valence-electron chi connectivity index (χ2n) is 5.80. The highest BCUT2D eigenvalue weighted by atomic mass is 19.3. The molecule has 3 aromatic rings. The fraction of sp³-hybridized carbons (Fsp3) is 0.389. The van der Waals surface area contributed by atoms with Crippen molar-refractivity contribution in [1.29, 1.82) is 0 Å². The topological polar surface area (TPSA) is 56.1 Å². The summed E-state index contributed by atoms with van der Waals surface area (Å²) in [6.07, 6.45) is -2.71. The Bertz CT molecular complexity index is 896. The lowest BCUT2D eigenvalue weighted by molar-refractivity contribution is 0.139. The first-order valence-corrected chi connectivity index (χ1v) is 8.40. The van der Waals surface area contributed by atoms with Gasteiger partial charge in [-0.2, -0.15) is 0 Å². The molecule has 3 rings (SSSR count). The molecule has 8 heteroatoms. The zero-order valence-corrected chi connectivity index (χ0v) is 15.0. The summed E-state index contributed by atoms with van der Waals surface area (Å²) in [4.78, 5) is 14.9. The summed E-state index contributed by atoms with van der Waals surface area (Å²) in [5, 5.41) is 0. The van der Waals surface area contributed by atoms with Gasteiger partial charge in [-0.15, -0.1) is 0 Å². The van der Waals surface area contributed by atoms with Gasteiger partial charge in [0, 0.05) is 26.3 Å². The number of halogens is 2. The van der Waals surface area contributed by atoms with Crippen molar-refractivity contribution in [3.05, 3.63) is 42.0 Å². The predicted molar refractivity (Wildman–Crippen MR) is 96.1 cm³/mol. The van der Waals surface area contributed by atoms with Gasteiger partial charge in [0.2, 0.25) is 0 Å². The van der Waals surface area contributed by atoms with Crippen LogP contribution in [0, 0.1) is 6.92 Å². The minimum Gasteiger partial charge on any atom is -0.383 e. The largest absolute Gasteiger partial charge is 0.383 e. The smallest absolute Gasteiger partial charge is 0.296 e. The number of aromatic nitrogens is 4. The van der Waals surface area contributed by atoms with Crippen LogP contribution < -0.4 is 4.90 Å². The van der Waals surface area contributed by atoms with E-state index in [1.54, 1.807) is 44.4 Å². The van der Waals surface area contributed by atoms with Gasteiger partial charge in [-0.05, 0) is 26.0 Å². The van der Waals surface area contributed by atoms with Crippen molar-refractivity contribution >= 4 is 16.9 Å². The van der Waals surface area contributed by atoms with Gasteiger partial charge in [-0.3, -0.25) is 4.57 Å². The summed E-state index contributed by atoms with van der Waals surface area (Å²) in [6, 6.07) is 8.75. The molecule has 6 nitrogen and oxygen atoms in total. The molecule has 0 aliphatic rings. The van der Waals surface area contributed by atoms with Crippen molar-refractivity contribution in [1.82, 2.24) is 19.5 Å². The van der Waals surface area contributed by atoms with Gasteiger partial charge in [0.1, 0.15) is 17.5 Å². The molecule has 26 heavy (non-hydrogen) atoms. The minimum absolute atomic E-state index is 0.324. The molecule has 0 aliphatic heterocycles. The molecule has 0 atom stereocenters. The first kappa shape index (κ1) is 18.2. The van der Waals surface area contributed by atoms with Crippen molar-refractivity contribution in [3.63, 3.8) is 0 Å². The maximum Gasteiger partial charge on any atom is 0.296 e. The molecule has 0 bridgehead atoms. The van der Waals surface area contributed by atoms with Crippen LogP contribution in [0.5, 0.6) is 0 Å². The molecule has 0 radical (unpaired) electrons. The Hall–Kier alpha value is -2.61. The molecule has 0 fully saturated rings. The Morgan fingerprint density at radius 1 is 1.19 bits per heavy atom. The van der Waals surface area contributed by atoms with Gasteiger partial charge in [-0.25, -0.2) is 23.7 Å². The number of aryl methyl sites for hydroxylation is 1. The Labute approximate surface area is 150 Å². The normalized spacial score (nSPS) is 11.5. The third-order valence-corrected chi connectivity index (χ3v) is 4.09. The number of fused-ring (bicyclic) bond motifs is 1. The molecule has 2 aromatic heterocycles. The van der Waals surface area contributed by atoms with E-state index in [0.717, 1.165) is 0 Å². The number of hydrogen-bond acceptors (Lipinski definition) is 5. The van der Waals surface area contributed by atoms with E-state index in [1.807, 2.05) is 11.8 Å². The average Bonchev–Trinajstić information content (AvgIpc) is 3.02. The maximum atomic E-state index is 13.6. The third-order valence-electron chi connectivity index (χ3n) is 4.09. The van der Waals surface area contributed by atoms with Gasteiger partial charge >= 0.3 is 0 Å². The summed E-state index contributed by atoms with van der Waals surface area (Å²) < 4.78 is 33.7. The third kappa shape index (κ3) is 3.50. The van der Waals surface area contributed by atoms with Crippen LogP contribution in [0.1, 0.15) is 25.0 Å². The van der Waals surface area contributed by atoms with E-state index < -0.39 is 6.43 Å². The number of ether oxygens (including phenoxy) is 1. The maximum absolute atomic E-state index is 13.6. The Morgan fingerprint density at radius 3 is 2.65 bits per heavy atom. The van der Waals surface area contributed by atoms with E-state index in [-0.39, 0.29) is 5.82 Å². The zero-order chi connectivity index (χ0) is 18.7. The van der Waals surface area contributed by atoms with E-state index in [4.69, 9.17) is 4.74 Å². The molecule has 138 valence electrons. The van der Waals surface area contributed by atoms with Crippen molar-refractivity contribution < 1.29 is 13.5 Å². The minimum atomic E-state index is -2.71. The summed E-state index contributed by atoms with van der Waals surface area (Å²) in [5.41, 5.74) is 1.10. The lowest BCUT2D eigenvalue weighted by Crippen LogP contribution is -2.28. The summed E-state index contributed by atoms with van der Waals surface area (Å²) >= 11 is 0. The summed E-state index contributed by atoms with van der Waals surface area (Å²) in [5.74, 6) is 1.24. The van der Waals surface area contributed by atoms with Crippen molar-refractivity contribution in [2.24, 2.45) is 0 Å². The standard InChI is InChI=1S/C18H21F2N5O/c1-4-24(9-10-26-3)15-11-16(22-12(2)21-15)25-14-8-6-5-7-13(14)23-18(25)17(19)20/h5-8,11,17H,4,9-10H2,1-3H3. The molecule has 0 amide bonds. The molecule has 0 aliphatic carbocycles. The number of likely N-dealkylation sites (N-methyl/N-ethyl adjacent to an activating group) is 1. The average molecular weight is 361 g/mol. The number of benzene rings is 1. The van der Waals surface area contributed by atoms with Crippen LogP contribution >= 0.6 is 0 Å². The van der Waals surface area contributed by atoms with E-state index in [2.05, 4.69) is 15.0 Å². The van der Waals surface area contributed by atoms with E-state index >= 15 is 0 Å². The highest BCUT2D eigenvalue weighted by Gasteiger charge is 2.22. The summed E-state index contributed by atoms with van der Waals surface area (Å²) in [7, 11) is 1.64. The second-order valence-corrected chi connectivity index (χ2v) is 5.80. The van der Waals surface area contributed by atoms with Crippen LogP contribution in [0.2, 0.25) is 0 Å². The second kappa shape index (κ2) is 7.74. The highest BCUT2D eigenvalue weighted by Crippen LogP contribution is 2.28. The van der Waals surface area contributed by atoms with Crippen molar-refractivity contribution in [2.45, 2.75) is 20.3 Å².